The molecule has 2 N–H and O–H groups in total. The highest BCUT2D eigenvalue weighted by Crippen LogP contribution is 2.32. The van der Waals surface area contributed by atoms with Crippen molar-refractivity contribution in [3.05, 3.63) is 77.9 Å². The number of amides is 2. The monoisotopic (exact) mass is 543 g/mol. The maximum atomic E-state index is 14.3. The van der Waals surface area contributed by atoms with Gasteiger partial charge in [0.1, 0.15) is 28.8 Å². The summed E-state index contributed by atoms with van der Waals surface area (Å²) in [5.74, 6) is 0.764. The molecule has 1 aromatic heterocycles. The third-order valence-electron chi connectivity index (χ3n) is 7.26. The normalized spacial score (nSPS) is 14.9. The summed E-state index contributed by atoms with van der Waals surface area (Å²) in [6.07, 6.45) is 3.93. The molecular formula is C30H33N5O5. The van der Waals surface area contributed by atoms with Crippen LogP contribution in [0.2, 0.25) is 0 Å². The third-order valence-corrected chi connectivity index (χ3v) is 7.26. The van der Waals surface area contributed by atoms with Crippen molar-refractivity contribution >= 4 is 22.8 Å². The second kappa shape index (κ2) is 12.1. The maximum Gasteiger partial charge on any atom is 0.250 e. The van der Waals surface area contributed by atoms with Gasteiger partial charge in [0.15, 0.2) is 6.04 Å². The second-order valence-corrected chi connectivity index (χ2v) is 9.74. The van der Waals surface area contributed by atoms with Gasteiger partial charge >= 0.3 is 0 Å². The van der Waals surface area contributed by atoms with Gasteiger partial charge < -0.3 is 24.8 Å². The van der Waals surface area contributed by atoms with E-state index in [0.717, 1.165) is 25.7 Å². The summed E-state index contributed by atoms with van der Waals surface area (Å²) >= 11 is 0. The summed E-state index contributed by atoms with van der Waals surface area (Å²) in [6.45, 7) is 0. The zero-order valence-corrected chi connectivity index (χ0v) is 22.8. The lowest BCUT2D eigenvalue weighted by molar-refractivity contribution is -0.130. The van der Waals surface area contributed by atoms with Crippen LogP contribution in [0.1, 0.15) is 48.9 Å². The second-order valence-electron chi connectivity index (χ2n) is 9.74. The Hall–Kier alpha value is -4.60. The minimum Gasteiger partial charge on any atom is -0.497 e. The fourth-order valence-electron chi connectivity index (χ4n) is 5.23. The molecule has 40 heavy (non-hydrogen) atoms. The van der Waals surface area contributed by atoms with Crippen LogP contribution in [-0.4, -0.2) is 54.2 Å². The molecule has 0 bridgehead atoms. The Morgan fingerprint density at radius 2 is 1.55 bits per heavy atom. The van der Waals surface area contributed by atoms with Crippen molar-refractivity contribution < 1.29 is 23.8 Å². The number of nitrogens with zero attached hydrogens (tertiary/aromatic N) is 3. The largest absolute Gasteiger partial charge is 0.497 e. The van der Waals surface area contributed by atoms with Crippen LogP contribution in [0.25, 0.3) is 11.0 Å². The van der Waals surface area contributed by atoms with Crippen molar-refractivity contribution in [1.29, 1.82) is 0 Å². The number of benzene rings is 3. The van der Waals surface area contributed by atoms with E-state index in [0.29, 0.717) is 39.4 Å². The molecule has 4 aromatic rings. The highest BCUT2D eigenvalue weighted by atomic mass is 16.5. The quantitative estimate of drug-likeness (QED) is 0.311. The fraction of sp³-hybridized carbons (Fsp3) is 0.333. The van der Waals surface area contributed by atoms with E-state index in [1.54, 1.807) is 36.1 Å². The van der Waals surface area contributed by atoms with Gasteiger partial charge in [-0.25, -0.2) is 4.68 Å². The lowest BCUT2D eigenvalue weighted by atomic mass is 10.0. The Morgan fingerprint density at radius 3 is 2.25 bits per heavy atom. The molecule has 10 heteroatoms. The van der Waals surface area contributed by atoms with Gasteiger partial charge in [0.25, 0.3) is 5.91 Å². The molecular weight excluding hydrogens is 510 g/mol. The molecule has 1 heterocycles. The van der Waals surface area contributed by atoms with E-state index in [1.165, 1.54) is 14.2 Å². The third kappa shape index (κ3) is 5.56. The summed E-state index contributed by atoms with van der Waals surface area (Å²) in [5.41, 5.74) is 2.42. The number of ether oxygens (including phenoxy) is 3. The molecule has 0 aliphatic heterocycles. The molecule has 0 radical (unpaired) electrons. The Balaban J connectivity index is 1.58. The Labute approximate surface area is 232 Å². The van der Waals surface area contributed by atoms with Crippen LogP contribution < -0.4 is 24.8 Å². The predicted octanol–water partition coefficient (Wildman–Crippen LogP) is 3.96. The molecule has 10 nitrogen and oxygen atoms in total. The summed E-state index contributed by atoms with van der Waals surface area (Å²) < 4.78 is 18.1. The van der Waals surface area contributed by atoms with E-state index in [-0.39, 0.29) is 11.9 Å². The van der Waals surface area contributed by atoms with Gasteiger partial charge in [-0.2, -0.15) is 0 Å². The first-order valence-electron chi connectivity index (χ1n) is 13.3. The van der Waals surface area contributed by atoms with Crippen molar-refractivity contribution in [2.24, 2.45) is 0 Å². The summed E-state index contributed by atoms with van der Waals surface area (Å²) in [7, 11) is 4.63. The number of aromatic nitrogens is 3. The maximum absolute atomic E-state index is 14.3. The Morgan fingerprint density at radius 1 is 0.875 bits per heavy atom. The van der Waals surface area contributed by atoms with Crippen molar-refractivity contribution in [1.82, 2.24) is 25.6 Å². The molecule has 2 atom stereocenters. The molecule has 5 rings (SSSR count). The van der Waals surface area contributed by atoms with E-state index in [4.69, 9.17) is 14.2 Å². The first-order chi connectivity index (χ1) is 19.5. The standard InChI is InChI=1S/C30H33N5O5/c1-38-21-16-19(17-22(18-21)39-2)27(29(36)31-20-10-4-5-11-20)32-30(37)28(23-12-6-9-15-26(23)40-3)35-25-14-8-7-13-24(25)33-34-35/h6-9,12-18,20,27-28H,4-5,10-11H2,1-3H3,(H,31,36)(H,32,37)/t27-,28-/m1/s1. The first-order valence-corrected chi connectivity index (χ1v) is 13.3. The van der Waals surface area contributed by atoms with Crippen LogP contribution in [0.5, 0.6) is 17.2 Å². The Bertz CT molecular complexity index is 1470. The van der Waals surface area contributed by atoms with E-state index < -0.39 is 18.0 Å². The zero-order valence-electron chi connectivity index (χ0n) is 22.8. The molecule has 2 amide bonds. The van der Waals surface area contributed by atoms with Crippen LogP contribution in [0, 0.1) is 0 Å². The number of carbonyl (C=O) groups is 2. The van der Waals surface area contributed by atoms with Crippen LogP contribution in [0.4, 0.5) is 0 Å². The van der Waals surface area contributed by atoms with Crippen LogP contribution >= 0.6 is 0 Å². The first kappa shape index (κ1) is 27.0. The number of methoxy groups -OCH3 is 3. The van der Waals surface area contributed by atoms with Crippen molar-refractivity contribution in [3.63, 3.8) is 0 Å². The highest BCUT2D eigenvalue weighted by Gasteiger charge is 2.34. The van der Waals surface area contributed by atoms with E-state index in [1.807, 2.05) is 42.5 Å². The van der Waals surface area contributed by atoms with Gasteiger partial charge in [0.2, 0.25) is 5.91 Å². The topological polar surface area (TPSA) is 117 Å². The molecule has 0 spiro atoms. The molecule has 3 aromatic carbocycles. The predicted molar refractivity (Wildman–Crippen MR) is 149 cm³/mol. The van der Waals surface area contributed by atoms with Crippen LogP contribution in [-0.2, 0) is 9.59 Å². The smallest absolute Gasteiger partial charge is 0.250 e. The molecule has 0 unspecified atom stereocenters. The number of rotatable bonds is 10. The number of carbonyl (C=O) groups excluding carboxylic acids is 2. The SMILES string of the molecule is COc1cc(OC)cc([C@@H](NC(=O)[C@@H](c2ccccc2OC)n2nnc3ccccc32)C(=O)NC2CCCC2)c1. The van der Waals surface area contributed by atoms with Gasteiger partial charge in [0.05, 0.1) is 26.8 Å². The number of nitrogens with one attached hydrogen (secondary N) is 2. The summed E-state index contributed by atoms with van der Waals surface area (Å²) in [5, 5.41) is 14.7. The molecule has 208 valence electrons. The van der Waals surface area contributed by atoms with Crippen molar-refractivity contribution in [2.75, 3.05) is 21.3 Å². The minimum absolute atomic E-state index is 0.0590. The average Bonchev–Trinajstić information content (AvgIpc) is 3.66. The number of para-hydroxylation sites is 2. The van der Waals surface area contributed by atoms with Gasteiger partial charge in [-0.15, -0.1) is 5.10 Å². The van der Waals surface area contributed by atoms with Crippen LogP contribution in [0.3, 0.4) is 0 Å². The Kier molecular flexibility index (Phi) is 8.14. The summed E-state index contributed by atoms with van der Waals surface area (Å²) in [4.78, 5) is 28.0. The van der Waals surface area contributed by atoms with Crippen molar-refractivity contribution in [3.8, 4) is 17.2 Å². The van der Waals surface area contributed by atoms with Crippen molar-refractivity contribution in [2.45, 2.75) is 43.8 Å². The van der Waals surface area contributed by atoms with E-state index >= 15 is 0 Å². The average molecular weight is 544 g/mol. The van der Waals surface area contributed by atoms with Gasteiger partial charge in [-0.1, -0.05) is 48.4 Å². The number of hydrogen-bond acceptors (Lipinski definition) is 7. The summed E-state index contributed by atoms with van der Waals surface area (Å²) in [6, 6.07) is 17.9. The fourth-order valence-corrected chi connectivity index (χ4v) is 5.23. The van der Waals surface area contributed by atoms with Gasteiger partial charge in [-0.05, 0) is 48.7 Å². The number of hydrogen-bond donors (Lipinski definition) is 2. The molecule has 0 saturated heterocycles. The van der Waals surface area contributed by atoms with Gasteiger partial charge in [0, 0.05) is 17.7 Å². The van der Waals surface area contributed by atoms with Crippen LogP contribution in [0.15, 0.2) is 66.7 Å². The van der Waals surface area contributed by atoms with E-state index in [2.05, 4.69) is 20.9 Å². The molecule has 1 saturated carbocycles. The highest BCUT2D eigenvalue weighted by molar-refractivity contribution is 5.92. The van der Waals surface area contributed by atoms with E-state index in [9.17, 15) is 9.59 Å². The molecule has 1 fully saturated rings. The number of fused-ring (bicyclic) bond motifs is 1. The lowest BCUT2D eigenvalue weighted by Crippen LogP contribution is -2.45. The zero-order chi connectivity index (χ0) is 28.1. The lowest BCUT2D eigenvalue weighted by Gasteiger charge is -2.26. The molecule has 1 aliphatic carbocycles. The van der Waals surface area contributed by atoms with Gasteiger partial charge in [-0.3, -0.25) is 9.59 Å². The minimum atomic E-state index is -1.02. The molecule has 1 aliphatic rings.